The summed E-state index contributed by atoms with van der Waals surface area (Å²) in [6.07, 6.45) is 2.97. The molecule has 4 nitrogen and oxygen atoms in total. The Morgan fingerprint density at radius 2 is 1.81 bits per heavy atom. The first-order valence-electron chi connectivity index (χ1n) is 7.63. The second-order valence-electron chi connectivity index (χ2n) is 5.87. The van der Waals surface area contributed by atoms with Crippen LogP contribution in [0.5, 0.6) is 0 Å². The number of amides is 1. The number of hydrogen-bond donors (Lipinski definition) is 1. The van der Waals surface area contributed by atoms with Crippen molar-refractivity contribution < 1.29 is 14.7 Å². The number of carboxylic acid groups (broad SMARTS) is 1. The summed E-state index contributed by atoms with van der Waals surface area (Å²) in [5.41, 5.74) is 1.16. The van der Waals surface area contributed by atoms with Gasteiger partial charge in [-0.25, -0.2) is 0 Å². The normalized spacial score (nSPS) is 23.3. The Balaban J connectivity index is 1.90. The zero-order chi connectivity index (χ0) is 15.2. The van der Waals surface area contributed by atoms with Crippen LogP contribution < -0.4 is 10.4 Å². The van der Waals surface area contributed by atoms with E-state index < -0.39 is 17.8 Å². The maximum Gasteiger partial charge on any atom is 0.223 e. The number of carboxylic acids is 1. The van der Waals surface area contributed by atoms with Gasteiger partial charge in [-0.3, -0.25) is 4.79 Å². The van der Waals surface area contributed by atoms with E-state index in [9.17, 15) is 14.7 Å². The fourth-order valence-electron chi connectivity index (χ4n) is 3.01. The SMILES string of the molecule is C[C@H](CNC(=O)[C@H]1CCCC[C@@H]1C(=O)[O-])c1ccccc1. The van der Waals surface area contributed by atoms with Gasteiger partial charge in [0, 0.05) is 24.3 Å². The van der Waals surface area contributed by atoms with E-state index in [-0.39, 0.29) is 11.8 Å². The zero-order valence-electron chi connectivity index (χ0n) is 12.4. The van der Waals surface area contributed by atoms with E-state index in [1.807, 2.05) is 37.3 Å². The first-order valence-corrected chi connectivity index (χ1v) is 7.63. The number of hydrogen-bond acceptors (Lipinski definition) is 3. The third-order valence-corrected chi connectivity index (χ3v) is 4.36. The molecule has 0 unspecified atom stereocenters. The van der Waals surface area contributed by atoms with Crippen LogP contribution in [0.4, 0.5) is 0 Å². The van der Waals surface area contributed by atoms with Gasteiger partial charge in [0.05, 0.1) is 0 Å². The number of rotatable bonds is 5. The van der Waals surface area contributed by atoms with Crippen molar-refractivity contribution in [2.24, 2.45) is 11.8 Å². The molecule has 0 heterocycles. The first-order chi connectivity index (χ1) is 10.1. The molecule has 0 radical (unpaired) electrons. The molecule has 21 heavy (non-hydrogen) atoms. The van der Waals surface area contributed by atoms with Crippen LogP contribution in [-0.4, -0.2) is 18.4 Å². The minimum Gasteiger partial charge on any atom is -0.550 e. The van der Waals surface area contributed by atoms with E-state index >= 15 is 0 Å². The van der Waals surface area contributed by atoms with E-state index in [0.29, 0.717) is 19.4 Å². The summed E-state index contributed by atoms with van der Waals surface area (Å²) in [5, 5.41) is 14.0. The average molecular weight is 288 g/mol. The van der Waals surface area contributed by atoms with Crippen molar-refractivity contribution in [3.05, 3.63) is 35.9 Å². The minimum absolute atomic E-state index is 0.147. The maximum absolute atomic E-state index is 12.2. The summed E-state index contributed by atoms with van der Waals surface area (Å²) in [5.74, 6) is -2.10. The minimum atomic E-state index is -1.09. The Hall–Kier alpha value is -1.84. The zero-order valence-corrected chi connectivity index (χ0v) is 12.4. The van der Waals surface area contributed by atoms with E-state index in [2.05, 4.69) is 5.32 Å². The van der Waals surface area contributed by atoms with Crippen LogP contribution in [-0.2, 0) is 9.59 Å². The van der Waals surface area contributed by atoms with E-state index in [1.165, 1.54) is 0 Å². The molecule has 0 saturated heterocycles. The van der Waals surface area contributed by atoms with Gasteiger partial charge in [-0.05, 0) is 24.3 Å². The molecule has 1 N–H and O–H groups in total. The number of carbonyl (C=O) groups excluding carboxylic acids is 2. The van der Waals surface area contributed by atoms with E-state index in [1.54, 1.807) is 0 Å². The number of aliphatic carboxylic acids is 1. The lowest BCUT2D eigenvalue weighted by molar-refractivity contribution is -0.314. The molecule has 1 aliphatic rings. The molecular formula is C17H22NO3-. The Kier molecular flexibility index (Phi) is 5.37. The van der Waals surface area contributed by atoms with Crippen molar-refractivity contribution in [1.29, 1.82) is 0 Å². The molecule has 114 valence electrons. The summed E-state index contributed by atoms with van der Waals surface area (Å²) >= 11 is 0. The molecule has 0 bridgehead atoms. The van der Waals surface area contributed by atoms with Gasteiger partial charge < -0.3 is 15.2 Å². The molecule has 0 spiro atoms. The van der Waals surface area contributed by atoms with Gasteiger partial charge in [-0.15, -0.1) is 0 Å². The van der Waals surface area contributed by atoms with Crippen molar-refractivity contribution >= 4 is 11.9 Å². The molecule has 4 heteroatoms. The molecular weight excluding hydrogens is 266 g/mol. The summed E-state index contributed by atoms with van der Waals surface area (Å²) in [6, 6.07) is 9.96. The van der Waals surface area contributed by atoms with Gasteiger partial charge in [0.2, 0.25) is 5.91 Å². The first kappa shape index (κ1) is 15.5. The van der Waals surface area contributed by atoms with E-state index in [4.69, 9.17) is 0 Å². The van der Waals surface area contributed by atoms with Gasteiger partial charge in [0.1, 0.15) is 0 Å². The summed E-state index contributed by atoms with van der Waals surface area (Å²) in [6.45, 7) is 2.58. The molecule has 1 aromatic carbocycles. The van der Waals surface area contributed by atoms with Crippen LogP contribution in [0.25, 0.3) is 0 Å². The van der Waals surface area contributed by atoms with Gasteiger partial charge in [0.15, 0.2) is 0 Å². The fraction of sp³-hybridized carbons (Fsp3) is 0.529. The second-order valence-corrected chi connectivity index (χ2v) is 5.87. The van der Waals surface area contributed by atoms with E-state index in [0.717, 1.165) is 18.4 Å². The molecule has 2 rings (SSSR count). The highest BCUT2D eigenvalue weighted by molar-refractivity contribution is 5.84. The van der Waals surface area contributed by atoms with Crippen LogP contribution in [0, 0.1) is 11.8 Å². The van der Waals surface area contributed by atoms with Crippen LogP contribution in [0.3, 0.4) is 0 Å². The van der Waals surface area contributed by atoms with Gasteiger partial charge >= 0.3 is 0 Å². The van der Waals surface area contributed by atoms with Gasteiger partial charge in [-0.2, -0.15) is 0 Å². The van der Waals surface area contributed by atoms with Crippen molar-refractivity contribution in [2.75, 3.05) is 6.54 Å². The summed E-state index contributed by atoms with van der Waals surface area (Å²) < 4.78 is 0. The molecule has 1 aliphatic carbocycles. The Labute approximate surface area is 125 Å². The lowest BCUT2D eigenvalue weighted by Gasteiger charge is -2.31. The van der Waals surface area contributed by atoms with Crippen LogP contribution >= 0.6 is 0 Å². The van der Waals surface area contributed by atoms with Crippen molar-refractivity contribution in [3.63, 3.8) is 0 Å². The predicted molar refractivity (Wildman–Crippen MR) is 78.3 cm³/mol. The molecule has 1 amide bonds. The smallest absolute Gasteiger partial charge is 0.223 e. The highest BCUT2D eigenvalue weighted by atomic mass is 16.4. The number of nitrogens with one attached hydrogen (secondary N) is 1. The van der Waals surface area contributed by atoms with Crippen LogP contribution in [0.1, 0.15) is 44.1 Å². The Morgan fingerprint density at radius 3 is 2.43 bits per heavy atom. The molecule has 0 aliphatic heterocycles. The standard InChI is InChI=1S/C17H23NO3/c1-12(13-7-3-2-4-8-13)11-18-16(19)14-9-5-6-10-15(14)17(20)21/h2-4,7-8,12,14-15H,5-6,9-11H2,1H3,(H,18,19)(H,20,21)/p-1/t12-,14+,15+/m1/s1. The molecule has 3 atom stereocenters. The monoisotopic (exact) mass is 288 g/mol. The quantitative estimate of drug-likeness (QED) is 0.892. The molecule has 1 fully saturated rings. The third-order valence-electron chi connectivity index (χ3n) is 4.36. The van der Waals surface area contributed by atoms with Crippen molar-refractivity contribution in [2.45, 2.75) is 38.5 Å². The number of carbonyl (C=O) groups is 2. The predicted octanol–water partition coefficient (Wildman–Crippen LogP) is 1.46. The van der Waals surface area contributed by atoms with Gasteiger partial charge in [0.25, 0.3) is 0 Å². The van der Waals surface area contributed by atoms with Crippen molar-refractivity contribution in [1.82, 2.24) is 5.32 Å². The lowest BCUT2D eigenvalue weighted by Crippen LogP contribution is -2.45. The van der Waals surface area contributed by atoms with Crippen LogP contribution in [0.2, 0.25) is 0 Å². The third kappa shape index (κ3) is 4.06. The fourth-order valence-corrected chi connectivity index (χ4v) is 3.01. The molecule has 1 saturated carbocycles. The summed E-state index contributed by atoms with van der Waals surface area (Å²) in [7, 11) is 0. The van der Waals surface area contributed by atoms with Crippen LogP contribution in [0.15, 0.2) is 30.3 Å². The Morgan fingerprint density at radius 1 is 1.19 bits per heavy atom. The topological polar surface area (TPSA) is 69.2 Å². The number of benzene rings is 1. The molecule has 0 aromatic heterocycles. The van der Waals surface area contributed by atoms with Crippen molar-refractivity contribution in [3.8, 4) is 0 Å². The maximum atomic E-state index is 12.2. The Bertz CT molecular complexity index is 486. The van der Waals surface area contributed by atoms with Gasteiger partial charge in [-0.1, -0.05) is 50.1 Å². The highest BCUT2D eigenvalue weighted by Crippen LogP contribution is 2.30. The average Bonchev–Trinajstić information content (AvgIpc) is 2.53. The largest absolute Gasteiger partial charge is 0.550 e. The lowest BCUT2D eigenvalue weighted by atomic mass is 9.78. The second kappa shape index (κ2) is 7.25. The molecule has 1 aromatic rings. The summed E-state index contributed by atoms with van der Waals surface area (Å²) in [4.78, 5) is 23.4. The highest BCUT2D eigenvalue weighted by Gasteiger charge is 2.31.